The van der Waals surface area contributed by atoms with E-state index in [0.29, 0.717) is 12.1 Å². The first-order chi connectivity index (χ1) is 10.9. The van der Waals surface area contributed by atoms with Crippen molar-refractivity contribution in [3.63, 3.8) is 0 Å². The van der Waals surface area contributed by atoms with Crippen molar-refractivity contribution in [2.75, 3.05) is 12.4 Å². The average Bonchev–Trinajstić information content (AvgIpc) is 3.30. The molecule has 0 spiro atoms. The van der Waals surface area contributed by atoms with Gasteiger partial charge in [0.1, 0.15) is 10.6 Å². The normalized spacial score (nSPS) is 15.3. The largest absolute Gasteiger partial charge is 0.495 e. The smallest absolute Gasteiger partial charge is 0.244 e. The van der Waals surface area contributed by atoms with Gasteiger partial charge in [0.2, 0.25) is 15.9 Å². The maximum absolute atomic E-state index is 12.4. The highest BCUT2D eigenvalue weighted by molar-refractivity contribution is 7.89. The minimum absolute atomic E-state index is 0. The second-order valence-corrected chi connectivity index (χ2v) is 7.33. The molecule has 2 rings (SSSR count). The second kappa shape index (κ2) is 8.66. The minimum Gasteiger partial charge on any atom is -0.495 e. The number of carbonyl (C=O) groups is 1. The highest BCUT2D eigenvalue weighted by Crippen LogP contribution is 2.29. The Morgan fingerprint density at radius 3 is 2.62 bits per heavy atom. The summed E-state index contributed by atoms with van der Waals surface area (Å²) in [7, 11) is -2.28. The average molecular weight is 378 g/mol. The topological polar surface area (TPSA) is 111 Å². The van der Waals surface area contributed by atoms with Crippen molar-refractivity contribution >= 4 is 34.0 Å². The maximum Gasteiger partial charge on any atom is 0.244 e. The van der Waals surface area contributed by atoms with Crippen molar-refractivity contribution in [2.24, 2.45) is 5.73 Å². The fraction of sp³-hybridized carbons (Fsp3) is 0.533. The Balaban J connectivity index is 0.00000288. The molecule has 1 saturated carbocycles. The number of nitrogens with one attached hydrogen (secondary N) is 2. The van der Waals surface area contributed by atoms with Gasteiger partial charge in [-0.25, -0.2) is 13.1 Å². The number of amides is 1. The van der Waals surface area contributed by atoms with E-state index in [1.54, 1.807) is 6.07 Å². The Morgan fingerprint density at radius 1 is 1.42 bits per heavy atom. The molecule has 0 heterocycles. The molecule has 24 heavy (non-hydrogen) atoms. The number of hydrogen-bond acceptors (Lipinski definition) is 5. The van der Waals surface area contributed by atoms with E-state index in [4.69, 9.17) is 10.5 Å². The van der Waals surface area contributed by atoms with Gasteiger partial charge in [0, 0.05) is 11.7 Å². The first-order valence-electron chi connectivity index (χ1n) is 7.64. The van der Waals surface area contributed by atoms with E-state index in [2.05, 4.69) is 10.0 Å². The summed E-state index contributed by atoms with van der Waals surface area (Å²) in [6, 6.07) is 3.86. The van der Waals surface area contributed by atoms with Crippen LogP contribution < -0.4 is 20.5 Å². The second-order valence-electron chi connectivity index (χ2n) is 5.65. The summed E-state index contributed by atoms with van der Waals surface area (Å²) in [6.45, 7) is 1.94. The molecule has 0 aliphatic heterocycles. The molecule has 136 valence electrons. The van der Waals surface area contributed by atoms with E-state index >= 15 is 0 Å². The molecule has 0 bridgehead atoms. The van der Waals surface area contributed by atoms with Gasteiger partial charge >= 0.3 is 0 Å². The van der Waals surface area contributed by atoms with Crippen molar-refractivity contribution in [2.45, 2.75) is 49.6 Å². The van der Waals surface area contributed by atoms with E-state index in [-0.39, 0.29) is 35.0 Å². The third-order valence-electron chi connectivity index (χ3n) is 3.56. The SMILES string of the molecule is CCCC(N)C(=O)Nc1ccc(OC)c(S(=O)(=O)NC2CC2)c1.Cl. The van der Waals surface area contributed by atoms with Crippen LogP contribution in [0.3, 0.4) is 0 Å². The van der Waals surface area contributed by atoms with E-state index < -0.39 is 16.1 Å². The Labute approximate surface area is 148 Å². The lowest BCUT2D eigenvalue weighted by Crippen LogP contribution is -2.35. The summed E-state index contributed by atoms with van der Waals surface area (Å²) in [5, 5.41) is 2.65. The minimum atomic E-state index is -3.69. The summed E-state index contributed by atoms with van der Waals surface area (Å²) in [6.07, 6.45) is 3.03. The molecule has 1 fully saturated rings. The third kappa shape index (κ3) is 5.34. The number of halogens is 1. The first-order valence-corrected chi connectivity index (χ1v) is 9.12. The van der Waals surface area contributed by atoms with Crippen molar-refractivity contribution in [1.82, 2.24) is 4.72 Å². The number of ether oxygens (including phenoxy) is 1. The number of carbonyl (C=O) groups excluding carboxylic acids is 1. The molecule has 1 aliphatic carbocycles. The third-order valence-corrected chi connectivity index (χ3v) is 5.10. The fourth-order valence-corrected chi connectivity index (χ4v) is 3.63. The molecule has 4 N–H and O–H groups in total. The summed E-state index contributed by atoms with van der Waals surface area (Å²) in [4.78, 5) is 12.0. The van der Waals surface area contributed by atoms with Gasteiger partial charge in [0.05, 0.1) is 13.2 Å². The molecule has 9 heteroatoms. The number of hydrogen-bond donors (Lipinski definition) is 3. The molecule has 7 nitrogen and oxygen atoms in total. The van der Waals surface area contributed by atoms with Crippen LogP contribution >= 0.6 is 12.4 Å². The maximum atomic E-state index is 12.4. The highest BCUT2D eigenvalue weighted by atomic mass is 35.5. The van der Waals surface area contributed by atoms with Crippen LogP contribution in [0.5, 0.6) is 5.75 Å². The number of methoxy groups -OCH3 is 1. The summed E-state index contributed by atoms with van der Waals surface area (Å²) >= 11 is 0. The molecule has 1 aromatic rings. The summed E-state index contributed by atoms with van der Waals surface area (Å²) < 4.78 is 32.5. The molecule has 1 amide bonds. The van der Waals surface area contributed by atoms with Gasteiger partial charge in [-0.1, -0.05) is 13.3 Å². The predicted molar refractivity (Wildman–Crippen MR) is 95.1 cm³/mol. The Morgan fingerprint density at radius 2 is 2.08 bits per heavy atom. The van der Waals surface area contributed by atoms with Gasteiger partial charge in [-0.3, -0.25) is 4.79 Å². The molecule has 1 unspecified atom stereocenters. The van der Waals surface area contributed by atoms with Crippen LogP contribution in [-0.2, 0) is 14.8 Å². The zero-order chi connectivity index (χ0) is 17.0. The number of anilines is 1. The van der Waals surface area contributed by atoms with Gasteiger partial charge in [-0.05, 0) is 37.5 Å². The quantitative estimate of drug-likeness (QED) is 0.637. The van der Waals surface area contributed by atoms with Crippen molar-refractivity contribution in [3.05, 3.63) is 18.2 Å². The van der Waals surface area contributed by atoms with Crippen LogP contribution in [0.4, 0.5) is 5.69 Å². The van der Waals surface area contributed by atoms with E-state index in [9.17, 15) is 13.2 Å². The van der Waals surface area contributed by atoms with E-state index in [1.807, 2.05) is 6.92 Å². The van der Waals surface area contributed by atoms with Gasteiger partial charge < -0.3 is 15.8 Å². The van der Waals surface area contributed by atoms with E-state index in [1.165, 1.54) is 19.2 Å². The molecule has 1 atom stereocenters. The molecule has 1 aromatic carbocycles. The van der Waals surface area contributed by atoms with Crippen molar-refractivity contribution in [1.29, 1.82) is 0 Å². The zero-order valence-corrected chi connectivity index (χ0v) is 15.4. The number of benzene rings is 1. The number of nitrogens with two attached hydrogens (primary N) is 1. The number of sulfonamides is 1. The van der Waals surface area contributed by atoms with Crippen LogP contribution in [0, 0.1) is 0 Å². The molecule has 0 radical (unpaired) electrons. The van der Waals surface area contributed by atoms with Crippen molar-refractivity contribution in [3.8, 4) is 5.75 Å². The summed E-state index contributed by atoms with van der Waals surface area (Å²) in [5.41, 5.74) is 6.14. The highest BCUT2D eigenvalue weighted by Gasteiger charge is 2.30. The van der Waals surface area contributed by atoms with Gasteiger partial charge in [0.25, 0.3) is 0 Å². The van der Waals surface area contributed by atoms with Gasteiger partial charge in [-0.2, -0.15) is 0 Å². The molecule has 0 saturated heterocycles. The fourth-order valence-electron chi connectivity index (χ4n) is 2.13. The van der Waals surface area contributed by atoms with Crippen LogP contribution in [0.2, 0.25) is 0 Å². The molecule has 1 aliphatic rings. The predicted octanol–water partition coefficient (Wildman–Crippen LogP) is 1.62. The van der Waals surface area contributed by atoms with Crippen LogP contribution in [0.25, 0.3) is 0 Å². The Bertz CT molecular complexity index is 677. The lowest BCUT2D eigenvalue weighted by Gasteiger charge is -2.14. The lowest BCUT2D eigenvalue weighted by atomic mass is 10.1. The molecule has 0 aromatic heterocycles. The monoisotopic (exact) mass is 377 g/mol. The standard InChI is InChI=1S/C15H23N3O4S.ClH/c1-3-4-12(16)15(19)17-11-7-8-13(22-2)14(9-11)23(20,21)18-10-5-6-10;/h7-10,12,18H,3-6,16H2,1-2H3,(H,17,19);1H. The molecular weight excluding hydrogens is 354 g/mol. The van der Waals surface area contributed by atoms with Gasteiger partial charge in [-0.15, -0.1) is 12.4 Å². The Hall–Kier alpha value is -1.35. The molecular formula is C15H24ClN3O4S. The summed E-state index contributed by atoms with van der Waals surface area (Å²) in [5.74, 6) is -0.107. The number of rotatable bonds is 8. The Kier molecular flexibility index (Phi) is 7.47. The van der Waals surface area contributed by atoms with Crippen LogP contribution in [0.15, 0.2) is 23.1 Å². The van der Waals surface area contributed by atoms with E-state index in [0.717, 1.165) is 19.3 Å². The van der Waals surface area contributed by atoms with Crippen LogP contribution in [-0.4, -0.2) is 33.5 Å². The van der Waals surface area contributed by atoms with Crippen molar-refractivity contribution < 1.29 is 17.9 Å². The lowest BCUT2D eigenvalue weighted by molar-refractivity contribution is -0.117. The van der Waals surface area contributed by atoms with Gasteiger partial charge in [0.15, 0.2) is 0 Å². The van der Waals surface area contributed by atoms with Crippen LogP contribution in [0.1, 0.15) is 32.6 Å². The zero-order valence-electron chi connectivity index (χ0n) is 13.7. The first kappa shape index (κ1) is 20.7.